The van der Waals surface area contributed by atoms with Gasteiger partial charge in [0.2, 0.25) is 0 Å². The maximum atomic E-state index is 12.9. The number of benzene rings is 2. The highest BCUT2D eigenvalue weighted by molar-refractivity contribution is 5.94. The number of aryl methyl sites for hydroxylation is 2. The van der Waals surface area contributed by atoms with Crippen LogP contribution < -0.4 is 15.6 Å². The molecule has 1 amide bonds. The summed E-state index contributed by atoms with van der Waals surface area (Å²) >= 11 is 0. The van der Waals surface area contributed by atoms with E-state index in [2.05, 4.69) is 5.32 Å². The van der Waals surface area contributed by atoms with Crippen LogP contribution in [-0.2, 0) is 11.8 Å². The van der Waals surface area contributed by atoms with Gasteiger partial charge in [-0.25, -0.2) is 4.68 Å². The number of aromatic nitrogens is 2. The number of carbonyl (C=O) groups excluding carboxylic acids is 1. The SMILES string of the molecule is Cc1ccc(O[C@H](C)C(=O)Nc2c(C)n(C)n(-c3ccccc3)c2=O)cc1C. The van der Waals surface area contributed by atoms with Crippen molar-refractivity contribution in [2.24, 2.45) is 7.05 Å². The molecule has 0 saturated carbocycles. The lowest BCUT2D eigenvalue weighted by Gasteiger charge is -2.15. The van der Waals surface area contributed by atoms with Gasteiger partial charge < -0.3 is 10.1 Å². The molecule has 0 bridgehead atoms. The average molecular weight is 379 g/mol. The van der Waals surface area contributed by atoms with Crippen molar-refractivity contribution < 1.29 is 9.53 Å². The first-order valence-electron chi connectivity index (χ1n) is 9.18. The lowest BCUT2D eigenvalue weighted by molar-refractivity contribution is -0.122. The second-order valence-electron chi connectivity index (χ2n) is 6.93. The van der Waals surface area contributed by atoms with E-state index in [-0.39, 0.29) is 17.2 Å². The number of carbonyl (C=O) groups is 1. The van der Waals surface area contributed by atoms with Crippen LogP contribution in [0.4, 0.5) is 5.69 Å². The smallest absolute Gasteiger partial charge is 0.295 e. The fourth-order valence-corrected chi connectivity index (χ4v) is 2.98. The molecule has 28 heavy (non-hydrogen) atoms. The highest BCUT2D eigenvalue weighted by atomic mass is 16.5. The third kappa shape index (κ3) is 3.71. The van der Waals surface area contributed by atoms with Gasteiger partial charge in [0.15, 0.2) is 6.10 Å². The van der Waals surface area contributed by atoms with E-state index >= 15 is 0 Å². The van der Waals surface area contributed by atoms with Crippen LogP contribution >= 0.6 is 0 Å². The Morgan fingerprint density at radius 1 is 1.04 bits per heavy atom. The second-order valence-corrected chi connectivity index (χ2v) is 6.93. The Balaban J connectivity index is 1.82. The number of amides is 1. The summed E-state index contributed by atoms with van der Waals surface area (Å²) in [6.45, 7) is 7.47. The monoisotopic (exact) mass is 379 g/mol. The highest BCUT2D eigenvalue weighted by Gasteiger charge is 2.22. The normalized spacial score (nSPS) is 11.9. The fraction of sp³-hybridized carbons (Fsp3) is 0.273. The van der Waals surface area contributed by atoms with Gasteiger partial charge in [0.05, 0.1) is 11.4 Å². The van der Waals surface area contributed by atoms with Crippen molar-refractivity contribution in [1.29, 1.82) is 0 Å². The predicted molar refractivity (Wildman–Crippen MR) is 110 cm³/mol. The van der Waals surface area contributed by atoms with E-state index < -0.39 is 6.10 Å². The van der Waals surface area contributed by atoms with Crippen LogP contribution in [-0.4, -0.2) is 21.4 Å². The summed E-state index contributed by atoms with van der Waals surface area (Å²) in [7, 11) is 1.79. The number of hydrogen-bond acceptors (Lipinski definition) is 3. The predicted octanol–water partition coefficient (Wildman–Crippen LogP) is 3.51. The van der Waals surface area contributed by atoms with Gasteiger partial charge in [0.25, 0.3) is 11.5 Å². The van der Waals surface area contributed by atoms with Gasteiger partial charge in [-0.15, -0.1) is 0 Å². The number of para-hydroxylation sites is 1. The summed E-state index contributed by atoms with van der Waals surface area (Å²) in [6.07, 6.45) is -0.744. The molecule has 2 aromatic carbocycles. The first-order chi connectivity index (χ1) is 13.3. The molecular formula is C22H25N3O3. The van der Waals surface area contributed by atoms with Gasteiger partial charge in [0, 0.05) is 7.05 Å². The second kappa shape index (κ2) is 7.76. The van der Waals surface area contributed by atoms with Gasteiger partial charge in [-0.3, -0.25) is 14.3 Å². The van der Waals surface area contributed by atoms with Crippen molar-refractivity contribution in [3.63, 3.8) is 0 Å². The average Bonchev–Trinajstić information content (AvgIpc) is 2.88. The van der Waals surface area contributed by atoms with E-state index in [9.17, 15) is 9.59 Å². The Hall–Kier alpha value is -3.28. The van der Waals surface area contributed by atoms with Gasteiger partial charge in [-0.1, -0.05) is 24.3 Å². The Morgan fingerprint density at radius 2 is 1.71 bits per heavy atom. The standard InChI is InChI=1S/C22H25N3O3/c1-14-11-12-19(13-15(14)2)28-17(4)21(26)23-20-16(3)24(5)25(22(20)27)18-9-7-6-8-10-18/h6-13,17H,1-5H3,(H,23,26)/t17-/m1/s1. The van der Waals surface area contributed by atoms with Crippen molar-refractivity contribution >= 4 is 11.6 Å². The number of rotatable bonds is 5. The Bertz CT molecular complexity index is 1060. The van der Waals surface area contributed by atoms with Crippen molar-refractivity contribution in [3.8, 4) is 11.4 Å². The van der Waals surface area contributed by atoms with Crippen molar-refractivity contribution in [2.75, 3.05) is 5.32 Å². The van der Waals surface area contributed by atoms with Gasteiger partial charge >= 0.3 is 0 Å². The zero-order valence-electron chi connectivity index (χ0n) is 16.8. The van der Waals surface area contributed by atoms with Gasteiger partial charge in [-0.2, -0.15) is 0 Å². The fourth-order valence-electron chi connectivity index (χ4n) is 2.98. The minimum atomic E-state index is -0.744. The number of hydrogen-bond donors (Lipinski definition) is 1. The van der Waals surface area contributed by atoms with Crippen molar-refractivity contribution in [3.05, 3.63) is 75.7 Å². The van der Waals surface area contributed by atoms with Crippen LogP contribution in [0.3, 0.4) is 0 Å². The molecule has 0 aliphatic rings. The summed E-state index contributed by atoms with van der Waals surface area (Å²) in [6, 6.07) is 15.0. The summed E-state index contributed by atoms with van der Waals surface area (Å²) in [5.74, 6) is 0.251. The quantitative estimate of drug-likeness (QED) is 0.738. The molecule has 1 N–H and O–H groups in total. The molecule has 0 saturated heterocycles. The largest absolute Gasteiger partial charge is 0.481 e. The lowest BCUT2D eigenvalue weighted by Crippen LogP contribution is -2.32. The van der Waals surface area contributed by atoms with Crippen LogP contribution in [0.25, 0.3) is 5.69 Å². The van der Waals surface area contributed by atoms with E-state index in [4.69, 9.17) is 4.74 Å². The molecule has 0 radical (unpaired) electrons. The Kier molecular flexibility index (Phi) is 5.40. The van der Waals surface area contributed by atoms with Crippen LogP contribution in [0, 0.1) is 20.8 Å². The molecule has 6 nitrogen and oxygen atoms in total. The van der Waals surface area contributed by atoms with E-state index in [0.29, 0.717) is 11.4 Å². The molecular weight excluding hydrogens is 354 g/mol. The summed E-state index contributed by atoms with van der Waals surface area (Å²) in [4.78, 5) is 25.5. The van der Waals surface area contributed by atoms with Crippen LogP contribution in [0.15, 0.2) is 53.3 Å². The number of nitrogens with one attached hydrogen (secondary N) is 1. The molecule has 3 rings (SSSR count). The summed E-state index contributed by atoms with van der Waals surface area (Å²) in [5.41, 5.74) is 3.63. The van der Waals surface area contributed by atoms with Gasteiger partial charge in [0.1, 0.15) is 11.4 Å². The minimum absolute atomic E-state index is 0.256. The molecule has 6 heteroatoms. The third-order valence-corrected chi connectivity index (χ3v) is 4.96. The zero-order valence-corrected chi connectivity index (χ0v) is 16.8. The van der Waals surface area contributed by atoms with Crippen molar-refractivity contribution in [2.45, 2.75) is 33.8 Å². The van der Waals surface area contributed by atoms with Crippen molar-refractivity contribution in [1.82, 2.24) is 9.36 Å². The molecule has 3 aromatic rings. The first kappa shape index (κ1) is 19.5. The molecule has 146 valence electrons. The zero-order chi connectivity index (χ0) is 20.4. The van der Waals surface area contributed by atoms with E-state index in [0.717, 1.165) is 16.8 Å². The molecule has 0 unspecified atom stereocenters. The molecule has 1 aromatic heterocycles. The third-order valence-electron chi connectivity index (χ3n) is 4.96. The molecule has 1 heterocycles. The molecule has 0 aliphatic carbocycles. The van der Waals surface area contributed by atoms with Crippen LogP contribution in [0.5, 0.6) is 5.75 Å². The van der Waals surface area contributed by atoms with Gasteiger partial charge in [-0.05, 0) is 63.1 Å². The first-order valence-corrected chi connectivity index (χ1v) is 9.18. The molecule has 0 aliphatic heterocycles. The molecule has 0 fully saturated rings. The number of ether oxygens (including phenoxy) is 1. The lowest BCUT2D eigenvalue weighted by atomic mass is 10.1. The minimum Gasteiger partial charge on any atom is -0.481 e. The van der Waals surface area contributed by atoms with E-state index in [1.807, 2.05) is 62.4 Å². The van der Waals surface area contributed by atoms with Crippen LogP contribution in [0.1, 0.15) is 23.7 Å². The Morgan fingerprint density at radius 3 is 2.36 bits per heavy atom. The van der Waals surface area contributed by atoms with E-state index in [1.54, 1.807) is 25.6 Å². The maximum Gasteiger partial charge on any atom is 0.295 e. The molecule has 0 spiro atoms. The highest BCUT2D eigenvalue weighted by Crippen LogP contribution is 2.19. The summed E-state index contributed by atoms with van der Waals surface area (Å²) in [5, 5.41) is 2.74. The topological polar surface area (TPSA) is 65.3 Å². The maximum absolute atomic E-state index is 12.9. The number of nitrogens with zero attached hydrogens (tertiary/aromatic N) is 2. The molecule has 1 atom stereocenters. The van der Waals surface area contributed by atoms with E-state index in [1.165, 1.54) is 4.68 Å². The number of anilines is 1. The van der Waals surface area contributed by atoms with Crippen LogP contribution in [0.2, 0.25) is 0 Å². The Labute approximate surface area is 164 Å². The summed E-state index contributed by atoms with van der Waals surface area (Å²) < 4.78 is 9.01.